The van der Waals surface area contributed by atoms with E-state index < -0.39 is 0 Å². The minimum absolute atomic E-state index is 0.0373. The Morgan fingerprint density at radius 2 is 2.35 bits per heavy atom. The summed E-state index contributed by atoms with van der Waals surface area (Å²) in [7, 11) is 0. The Kier molecular flexibility index (Phi) is 4.83. The van der Waals surface area contributed by atoms with Crippen LogP contribution in [-0.4, -0.2) is 43.3 Å². The number of anilines is 1. The second-order valence-corrected chi connectivity index (χ2v) is 5.26. The Bertz CT molecular complexity index is 496. The van der Waals surface area contributed by atoms with Crippen molar-refractivity contribution in [3.05, 3.63) is 23.8 Å². The third-order valence-electron chi connectivity index (χ3n) is 3.45. The molecule has 108 valence electrons. The summed E-state index contributed by atoms with van der Waals surface area (Å²) in [5.41, 5.74) is 6.68. The third kappa shape index (κ3) is 3.62. The quantitative estimate of drug-likeness (QED) is 0.846. The summed E-state index contributed by atoms with van der Waals surface area (Å²) in [5, 5.41) is 9.07. The summed E-state index contributed by atoms with van der Waals surface area (Å²) in [6.45, 7) is 7.34. The van der Waals surface area contributed by atoms with Gasteiger partial charge in [-0.05, 0) is 32.0 Å². The van der Waals surface area contributed by atoms with Crippen LogP contribution in [0.1, 0.15) is 19.4 Å². The lowest BCUT2D eigenvalue weighted by Gasteiger charge is -2.35. The van der Waals surface area contributed by atoms with Gasteiger partial charge in [0.25, 0.3) is 0 Å². The van der Waals surface area contributed by atoms with Gasteiger partial charge in [-0.3, -0.25) is 4.90 Å². The van der Waals surface area contributed by atoms with Crippen LogP contribution in [0.25, 0.3) is 0 Å². The normalized spacial score (nSPS) is 19.8. The van der Waals surface area contributed by atoms with Gasteiger partial charge in [0.2, 0.25) is 0 Å². The molecular weight excluding hydrogens is 254 g/mol. The van der Waals surface area contributed by atoms with Gasteiger partial charge in [-0.1, -0.05) is 0 Å². The van der Waals surface area contributed by atoms with Crippen molar-refractivity contribution in [3.63, 3.8) is 0 Å². The number of hydrogen-bond acceptors (Lipinski definition) is 5. The predicted octanol–water partition coefficient (Wildman–Crippen LogP) is 1.63. The van der Waals surface area contributed by atoms with Gasteiger partial charge < -0.3 is 15.2 Å². The van der Waals surface area contributed by atoms with Gasteiger partial charge in [-0.25, -0.2) is 0 Å². The van der Waals surface area contributed by atoms with Crippen LogP contribution in [0, 0.1) is 11.3 Å². The highest BCUT2D eigenvalue weighted by Crippen LogP contribution is 2.21. The number of ether oxygens (including phenoxy) is 2. The Balaban J connectivity index is 1.94. The van der Waals surface area contributed by atoms with Crippen LogP contribution < -0.4 is 10.5 Å². The number of morpholine rings is 1. The summed E-state index contributed by atoms with van der Waals surface area (Å²) in [5.74, 6) is 0.562. The number of nitrogen functional groups attached to an aromatic ring is 1. The summed E-state index contributed by atoms with van der Waals surface area (Å²) in [6, 6.07) is 7.69. The number of hydrogen-bond donors (Lipinski definition) is 1. The van der Waals surface area contributed by atoms with E-state index in [2.05, 4.69) is 24.8 Å². The first kappa shape index (κ1) is 14.6. The minimum Gasteiger partial charge on any atom is -0.489 e. The lowest BCUT2D eigenvalue weighted by atomic mass is 10.2. The van der Waals surface area contributed by atoms with Crippen LogP contribution in [0.4, 0.5) is 5.69 Å². The monoisotopic (exact) mass is 275 g/mol. The van der Waals surface area contributed by atoms with E-state index in [0.717, 1.165) is 19.7 Å². The molecule has 0 radical (unpaired) electrons. The highest BCUT2D eigenvalue weighted by molar-refractivity contribution is 5.53. The standard InChI is InChI=1S/C15H21N3O2/c1-11(2)18-5-6-19-14(9-18)10-20-15-4-3-13(17)7-12(15)8-16/h3-4,7,11,14H,5-6,9-10,17H2,1-2H3. The van der Waals surface area contributed by atoms with Gasteiger partial charge >= 0.3 is 0 Å². The minimum atomic E-state index is 0.0373. The lowest BCUT2D eigenvalue weighted by Crippen LogP contribution is -2.47. The number of benzene rings is 1. The van der Waals surface area contributed by atoms with E-state index in [0.29, 0.717) is 29.6 Å². The molecule has 1 atom stereocenters. The first-order valence-electron chi connectivity index (χ1n) is 6.88. The Morgan fingerprint density at radius 1 is 1.55 bits per heavy atom. The van der Waals surface area contributed by atoms with Crippen LogP contribution in [0.5, 0.6) is 5.75 Å². The van der Waals surface area contributed by atoms with E-state index in [1.54, 1.807) is 18.2 Å². The molecule has 20 heavy (non-hydrogen) atoms. The average Bonchev–Trinajstić information content (AvgIpc) is 2.46. The molecule has 0 saturated carbocycles. The molecule has 0 bridgehead atoms. The van der Waals surface area contributed by atoms with Crippen LogP contribution in [-0.2, 0) is 4.74 Å². The van der Waals surface area contributed by atoms with Crippen molar-refractivity contribution in [2.24, 2.45) is 0 Å². The van der Waals surface area contributed by atoms with Gasteiger partial charge in [-0.2, -0.15) is 5.26 Å². The van der Waals surface area contributed by atoms with E-state index in [1.807, 2.05) is 0 Å². The molecule has 2 N–H and O–H groups in total. The topological polar surface area (TPSA) is 71.5 Å². The number of nitrogens with zero attached hydrogens (tertiary/aromatic N) is 2. The molecule has 1 fully saturated rings. The summed E-state index contributed by atoms with van der Waals surface area (Å²) < 4.78 is 11.4. The molecule has 0 spiro atoms. The first-order chi connectivity index (χ1) is 9.60. The molecule has 2 rings (SSSR count). The number of nitriles is 1. The second kappa shape index (κ2) is 6.60. The van der Waals surface area contributed by atoms with Crippen molar-refractivity contribution in [2.45, 2.75) is 26.0 Å². The average molecular weight is 275 g/mol. The van der Waals surface area contributed by atoms with Gasteiger partial charge in [0.05, 0.1) is 12.2 Å². The van der Waals surface area contributed by atoms with Crippen LogP contribution >= 0.6 is 0 Å². The second-order valence-electron chi connectivity index (χ2n) is 5.26. The van der Waals surface area contributed by atoms with Crippen molar-refractivity contribution < 1.29 is 9.47 Å². The number of nitrogens with two attached hydrogens (primary N) is 1. The predicted molar refractivity (Wildman–Crippen MR) is 77.5 cm³/mol. The molecular formula is C15H21N3O2. The zero-order valence-electron chi connectivity index (χ0n) is 12.0. The maximum absolute atomic E-state index is 9.07. The van der Waals surface area contributed by atoms with Crippen molar-refractivity contribution in [1.82, 2.24) is 4.90 Å². The van der Waals surface area contributed by atoms with E-state index in [4.69, 9.17) is 20.5 Å². The molecule has 1 saturated heterocycles. The highest BCUT2D eigenvalue weighted by atomic mass is 16.5. The fraction of sp³-hybridized carbons (Fsp3) is 0.533. The molecule has 5 nitrogen and oxygen atoms in total. The summed E-state index contributed by atoms with van der Waals surface area (Å²) in [6.07, 6.45) is 0.0373. The Morgan fingerprint density at radius 3 is 3.05 bits per heavy atom. The number of rotatable bonds is 4. The van der Waals surface area contributed by atoms with E-state index >= 15 is 0 Å². The smallest absolute Gasteiger partial charge is 0.137 e. The molecule has 0 aromatic heterocycles. The van der Waals surface area contributed by atoms with E-state index in [9.17, 15) is 0 Å². The Hall–Kier alpha value is -1.77. The van der Waals surface area contributed by atoms with E-state index in [-0.39, 0.29) is 6.10 Å². The fourth-order valence-corrected chi connectivity index (χ4v) is 2.26. The largest absolute Gasteiger partial charge is 0.489 e. The maximum atomic E-state index is 9.07. The van der Waals surface area contributed by atoms with Crippen molar-refractivity contribution in [1.29, 1.82) is 5.26 Å². The van der Waals surface area contributed by atoms with Gasteiger partial charge in [0.15, 0.2) is 0 Å². The van der Waals surface area contributed by atoms with E-state index in [1.165, 1.54) is 0 Å². The van der Waals surface area contributed by atoms with Crippen LogP contribution in [0.15, 0.2) is 18.2 Å². The lowest BCUT2D eigenvalue weighted by molar-refractivity contribution is -0.0564. The molecule has 1 heterocycles. The Labute approximate surface area is 119 Å². The highest BCUT2D eigenvalue weighted by Gasteiger charge is 2.22. The molecule has 1 unspecified atom stereocenters. The molecule has 1 aromatic rings. The summed E-state index contributed by atoms with van der Waals surface area (Å²) in [4.78, 5) is 2.37. The van der Waals surface area contributed by atoms with Gasteiger partial charge in [-0.15, -0.1) is 0 Å². The molecule has 1 aliphatic heterocycles. The summed E-state index contributed by atoms with van der Waals surface area (Å²) >= 11 is 0. The van der Waals surface area contributed by atoms with Crippen molar-refractivity contribution in [2.75, 3.05) is 32.0 Å². The van der Waals surface area contributed by atoms with Gasteiger partial charge in [0.1, 0.15) is 24.5 Å². The fourth-order valence-electron chi connectivity index (χ4n) is 2.26. The molecule has 1 aliphatic rings. The molecule has 0 aliphatic carbocycles. The molecule has 5 heteroatoms. The van der Waals surface area contributed by atoms with Crippen molar-refractivity contribution in [3.8, 4) is 11.8 Å². The van der Waals surface area contributed by atoms with Gasteiger partial charge in [0, 0.05) is 24.8 Å². The van der Waals surface area contributed by atoms with Crippen LogP contribution in [0.3, 0.4) is 0 Å². The molecule has 0 amide bonds. The zero-order chi connectivity index (χ0) is 14.5. The third-order valence-corrected chi connectivity index (χ3v) is 3.45. The SMILES string of the molecule is CC(C)N1CCOC(COc2ccc(N)cc2C#N)C1. The maximum Gasteiger partial charge on any atom is 0.137 e. The first-order valence-corrected chi connectivity index (χ1v) is 6.88. The molecule has 1 aromatic carbocycles. The van der Waals surface area contributed by atoms with Crippen molar-refractivity contribution >= 4 is 5.69 Å². The van der Waals surface area contributed by atoms with Crippen LogP contribution in [0.2, 0.25) is 0 Å². The zero-order valence-corrected chi connectivity index (χ0v) is 12.0.